The second kappa shape index (κ2) is 6.77. The van der Waals surface area contributed by atoms with Crippen molar-refractivity contribution < 1.29 is 4.74 Å². The first-order valence-corrected chi connectivity index (χ1v) is 4.85. The summed E-state index contributed by atoms with van der Waals surface area (Å²) in [5.74, 6) is 0. The maximum absolute atomic E-state index is 8.92. The first-order valence-electron chi connectivity index (χ1n) is 4.85. The summed E-state index contributed by atoms with van der Waals surface area (Å²) < 4.78 is 4.97. The predicted molar refractivity (Wildman–Crippen MR) is 57.1 cm³/mol. The van der Waals surface area contributed by atoms with E-state index in [0.29, 0.717) is 0 Å². The SMILES string of the molecule is CNC(C)(C#N)CCN(C)CCOC. The molecule has 4 nitrogen and oxygen atoms in total. The Kier molecular flexibility index (Phi) is 6.46. The maximum Gasteiger partial charge on any atom is 0.104 e. The lowest BCUT2D eigenvalue weighted by Crippen LogP contribution is -2.41. The molecule has 4 heteroatoms. The van der Waals surface area contributed by atoms with Crippen LogP contribution in [0.5, 0.6) is 0 Å². The molecule has 0 aliphatic rings. The van der Waals surface area contributed by atoms with Gasteiger partial charge in [-0.3, -0.25) is 0 Å². The summed E-state index contributed by atoms with van der Waals surface area (Å²) in [6, 6.07) is 2.27. The van der Waals surface area contributed by atoms with Crippen LogP contribution in [0.3, 0.4) is 0 Å². The molecule has 0 heterocycles. The van der Waals surface area contributed by atoms with Gasteiger partial charge >= 0.3 is 0 Å². The Morgan fingerprint density at radius 3 is 2.57 bits per heavy atom. The highest BCUT2D eigenvalue weighted by Crippen LogP contribution is 2.07. The molecule has 0 spiro atoms. The lowest BCUT2D eigenvalue weighted by Gasteiger charge is -2.24. The van der Waals surface area contributed by atoms with E-state index in [0.717, 1.165) is 26.1 Å². The molecule has 1 atom stereocenters. The molecule has 0 bridgehead atoms. The lowest BCUT2D eigenvalue weighted by atomic mass is 10.0. The molecule has 0 aliphatic heterocycles. The van der Waals surface area contributed by atoms with E-state index in [9.17, 15) is 0 Å². The smallest absolute Gasteiger partial charge is 0.104 e. The van der Waals surface area contributed by atoms with Gasteiger partial charge in [-0.2, -0.15) is 5.26 Å². The van der Waals surface area contributed by atoms with E-state index in [2.05, 4.69) is 16.3 Å². The molecular formula is C10H21N3O. The van der Waals surface area contributed by atoms with Gasteiger partial charge in [-0.05, 0) is 27.4 Å². The van der Waals surface area contributed by atoms with Crippen molar-refractivity contribution in [2.24, 2.45) is 0 Å². The Balaban J connectivity index is 3.75. The van der Waals surface area contributed by atoms with E-state index in [4.69, 9.17) is 10.00 Å². The standard InChI is InChI=1S/C10H21N3O/c1-10(9-11,12-2)5-6-13(3)7-8-14-4/h12H,5-8H2,1-4H3. The highest BCUT2D eigenvalue weighted by Gasteiger charge is 2.20. The van der Waals surface area contributed by atoms with Gasteiger partial charge in [0.2, 0.25) is 0 Å². The van der Waals surface area contributed by atoms with Crippen LogP contribution in [0.15, 0.2) is 0 Å². The van der Waals surface area contributed by atoms with Crippen LogP contribution in [0.2, 0.25) is 0 Å². The first kappa shape index (κ1) is 13.4. The molecule has 0 fully saturated rings. The Labute approximate surface area is 86.8 Å². The van der Waals surface area contributed by atoms with Crippen LogP contribution in [0.1, 0.15) is 13.3 Å². The molecule has 14 heavy (non-hydrogen) atoms. The fraction of sp³-hybridized carbons (Fsp3) is 0.900. The van der Waals surface area contributed by atoms with Gasteiger partial charge < -0.3 is 15.0 Å². The van der Waals surface area contributed by atoms with Crippen molar-refractivity contribution >= 4 is 0 Å². The van der Waals surface area contributed by atoms with Crippen molar-refractivity contribution in [1.29, 1.82) is 5.26 Å². The fourth-order valence-electron chi connectivity index (χ4n) is 1.01. The van der Waals surface area contributed by atoms with E-state index in [1.54, 1.807) is 7.11 Å². The minimum Gasteiger partial charge on any atom is -0.383 e. The topological polar surface area (TPSA) is 48.3 Å². The van der Waals surface area contributed by atoms with E-state index in [1.807, 2.05) is 21.0 Å². The second-order valence-electron chi connectivity index (χ2n) is 3.74. The van der Waals surface area contributed by atoms with E-state index in [1.165, 1.54) is 0 Å². The van der Waals surface area contributed by atoms with Crippen LogP contribution < -0.4 is 5.32 Å². The van der Waals surface area contributed by atoms with Gasteiger partial charge in [-0.1, -0.05) is 0 Å². The minimum absolute atomic E-state index is 0.415. The molecular weight excluding hydrogens is 178 g/mol. The molecule has 0 aliphatic carbocycles. The maximum atomic E-state index is 8.92. The number of likely N-dealkylation sites (N-methyl/N-ethyl adjacent to an activating group) is 1. The van der Waals surface area contributed by atoms with Crippen LogP contribution in [0.4, 0.5) is 0 Å². The summed E-state index contributed by atoms with van der Waals surface area (Å²) in [5.41, 5.74) is -0.415. The highest BCUT2D eigenvalue weighted by atomic mass is 16.5. The molecule has 1 unspecified atom stereocenters. The predicted octanol–water partition coefficient (Wildman–Crippen LogP) is 0.456. The van der Waals surface area contributed by atoms with Crippen molar-refractivity contribution in [2.75, 3.05) is 40.9 Å². The van der Waals surface area contributed by atoms with E-state index < -0.39 is 5.54 Å². The number of rotatable bonds is 7. The van der Waals surface area contributed by atoms with Gasteiger partial charge in [0.15, 0.2) is 0 Å². The number of hydrogen-bond acceptors (Lipinski definition) is 4. The van der Waals surface area contributed by atoms with E-state index in [-0.39, 0.29) is 0 Å². The van der Waals surface area contributed by atoms with Crippen LogP contribution in [0.25, 0.3) is 0 Å². The Morgan fingerprint density at radius 2 is 2.14 bits per heavy atom. The summed E-state index contributed by atoms with van der Waals surface area (Å²) in [6.45, 7) is 4.45. The summed E-state index contributed by atoms with van der Waals surface area (Å²) in [6.07, 6.45) is 0.820. The van der Waals surface area contributed by atoms with Crippen molar-refractivity contribution in [3.05, 3.63) is 0 Å². The Morgan fingerprint density at radius 1 is 1.50 bits per heavy atom. The van der Waals surface area contributed by atoms with Crippen molar-refractivity contribution in [3.63, 3.8) is 0 Å². The third kappa shape index (κ3) is 5.18. The van der Waals surface area contributed by atoms with Gasteiger partial charge in [0, 0.05) is 20.2 Å². The van der Waals surface area contributed by atoms with Crippen LogP contribution in [-0.4, -0.2) is 51.3 Å². The zero-order chi connectivity index (χ0) is 11.0. The Bertz CT molecular complexity index is 190. The molecule has 0 amide bonds. The van der Waals surface area contributed by atoms with E-state index >= 15 is 0 Å². The number of hydrogen-bond donors (Lipinski definition) is 1. The average molecular weight is 199 g/mol. The van der Waals surface area contributed by atoms with Gasteiger partial charge in [0.25, 0.3) is 0 Å². The molecule has 0 rings (SSSR count). The number of nitrogens with zero attached hydrogens (tertiary/aromatic N) is 2. The van der Waals surface area contributed by atoms with Gasteiger partial charge in [0.05, 0.1) is 12.7 Å². The van der Waals surface area contributed by atoms with Gasteiger partial charge in [0.1, 0.15) is 5.54 Å². The number of ether oxygens (including phenoxy) is 1. The summed E-state index contributed by atoms with van der Waals surface area (Å²) >= 11 is 0. The zero-order valence-corrected chi connectivity index (χ0v) is 9.63. The van der Waals surface area contributed by atoms with Gasteiger partial charge in [-0.15, -0.1) is 0 Å². The normalized spacial score (nSPS) is 15.1. The molecule has 0 saturated heterocycles. The lowest BCUT2D eigenvalue weighted by molar-refractivity contribution is 0.157. The number of nitriles is 1. The largest absolute Gasteiger partial charge is 0.383 e. The van der Waals surface area contributed by atoms with Crippen molar-refractivity contribution in [2.45, 2.75) is 18.9 Å². The van der Waals surface area contributed by atoms with Crippen LogP contribution in [0, 0.1) is 11.3 Å². The molecule has 0 aromatic carbocycles. The molecule has 82 valence electrons. The summed E-state index contributed by atoms with van der Waals surface area (Å²) in [5, 5.41) is 11.9. The second-order valence-corrected chi connectivity index (χ2v) is 3.74. The Hall–Kier alpha value is -0.630. The zero-order valence-electron chi connectivity index (χ0n) is 9.63. The monoisotopic (exact) mass is 199 g/mol. The van der Waals surface area contributed by atoms with Crippen molar-refractivity contribution in [1.82, 2.24) is 10.2 Å². The minimum atomic E-state index is -0.415. The molecule has 1 N–H and O–H groups in total. The van der Waals surface area contributed by atoms with Gasteiger partial charge in [-0.25, -0.2) is 0 Å². The molecule has 0 radical (unpaired) electrons. The third-order valence-electron chi connectivity index (χ3n) is 2.47. The average Bonchev–Trinajstić information content (AvgIpc) is 2.23. The highest BCUT2D eigenvalue weighted by molar-refractivity contribution is 5.02. The quantitative estimate of drug-likeness (QED) is 0.647. The third-order valence-corrected chi connectivity index (χ3v) is 2.47. The molecule has 0 aromatic rings. The fourth-order valence-corrected chi connectivity index (χ4v) is 1.01. The van der Waals surface area contributed by atoms with Crippen LogP contribution >= 0.6 is 0 Å². The number of nitrogens with one attached hydrogen (secondary N) is 1. The summed E-state index contributed by atoms with van der Waals surface area (Å²) in [4.78, 5) is 2.16. The van der Waals surface area contributed by atoms with Crippen LogP contribution in [-0.2, 0) is 4.74 Å². The van der Waals surface area contributed by atoms with Crippen molar-refractivity contribution in [3.8, 4) is 6.07 Å². The summed E-state index contributed by atoms with van der Waals surface area (Å²) in [7, 11) is 5.55. The molecule has 0 saturated carbocycles. The molecule has 0 aromatic heterocycles. The number of methoxy groups -OCH3 is 1. The first-order chi connectivity index (χ1) is 6.58.